The van der Waals surface area contributed by atoms with E-state index in [0.29, 0.717) is 12.5 Å². The number of hydrogen-bond acceptors (Lipinski definition) is 3. The Balaban J connectivity index is 2.12. The molecule has 1 saturated heterocycles. The molecule has 1 heterocycles. The molecule has 1 unspecified atom stereocenters. The normalized spacial score (nSPS) is 21.0. The van der Waals surface area contributed by atoms with E-state index in [2.05, 4.69) is 11.8 Å². The molecule has 1 aliphatic rings. The van der Waals surface area contributed by atoms with Gasteiger partial charge in [-0.15, -0.1) is 0 Å². The molecule has 1 fully saturated rings. The number of piperidine rings is 1. The fraction of sp³-hybridized carbons (Fsp3) is 0.538. The Morgan fingerprint density at radius 3 is 2.89 bits per heavy atom. The molecule has 5 heteroatoms. The molecule has 98 valence electrons. The molecule has 0 aromatic heterocycles. The van der Waals surface area contributed by atoms with Crippen molar-refractivity contribution in [2.24, 2.45) is 5.92 Å². The lowest BCUT2D eigenvalue weighted by Gasteiger charge is -2.31. The number of likely N-dealkylation sites (tertiary alicyclic amines) is 1. The van der Waals surface area contributed by atoms with Crippen molar-refractivity contribution in [3.8, 4) is 0 Å². The third-order valence-corrected chi connectivity index (χ3v) is 3.52. The number of hydrogen-bond donors (Lipinski definition) is 2. The van der Waals surface area contributed by atoms with Gasteiger partial charge in [-0.2, -0.15) is 0 Å². The van der Waals surface area contributed by atoms with Crippen molar-refractivity contribution >= 4 is 12.6 Å². The molecule has 0 saturated carbocycles. The van der Waals surface area contributed by atoms with Gasteiger partial charge in [0.25, 0.3) is 0 Å². The molecule has 0 aliphatic carbocycles. The summed E-state index contributed by atoms with van der Waals surface area (Å²) in [4.78, 5) is 2.29. The van der Waals surface area contributed by atoms with Crippen molar-refractivity contribution in [1.82, 2.24) is 4.90 Å². The van der Waals surface area contributed by atoms with Crippen LogP contribution in [0.15, 0.2) is 18.2 Å². The van der Waals surface area contributed by atoms with E-state index in [-0.39, 0.29) is 5.46 Å². The molecule has 1 aromatic carbocycles. The summed E-state index contributed by atoms with van der Waals surface area (Å²) in [6, 6.07) is 4.21. The molecule has 0 radical (unpaired) electrons. The summed E-state index contributed by atoms with van der Waals surface area (Å²) in [6.45, 7) is 4.90. The molecule has 18 heavy (non-hydrogen) atoms. The monoisotopic (exact) mass is 251 g/mol. The van der Waals surface area contributed by atoms with Gasteiger partial charge in [0.2, 0.25) is 0 Å². The second-order valence-corrected chi connectivity index (χ2v) is 5.20. The maximum absolute atomic E-state index is 13.1. The molecular formula is C13H19BFNO2. The summed E-state index contributed by atoms with van der Waals surface area (Å²) < 4.78 is 13.1. The van der Waals surface area contributed by atoms with E-state index in [1.54, 1.807) is 6.07 Å². The highest BCUT2D eigenvalue weighted by molar-refractivity contribution is 6.59. The van der Waals surface area contributed by atoms with Crippen LogP contribution >= 0.6 is 0 Å². The molecule has 3 nitrogen and oxygen atoms in total. The Bertz CT molecular complexity index is 414. The fourth-order valence-corrected chi connectivity index (χ4v) is 2.62. The van der Waals surface area contributed by atoms with Crippen LogP contribution < -0.4 is 5.46 Å². The first-order chi connectivity index (χ1) is 8.56. The van der Waals surface area contributed by atoms with Gasteiger partial charge >= 0.3 is 7.12 Å². The lowest BCUT2D eigenvalue weighted by molar-refractivity contribution is 0.177. The number of nitrogens with zero attached hydrogens (tertiary/aromatic N) is 1. The average molecular weight is 251 g/mol. The third-order valence-electron chi connectivity index (χ3n) is 3.52. The van der Waals surface area contributed by atoms with Gasteiger partial charge in [-0.1, -0.05) is 13.0 Å². The molecule has 1 atom stereocenters. The van der Waals surface area contributed by atoms with Crippen LogP contribution in [0.1, 0.15) is 25.3 Å². The van der Waals surface area contributed by atoms with Crippen LogP contribution in [-0.2, 0) is 6.54 Å². The molecule has 0 bridgehead atoms. The van der Waals surface area contributed by atoms with E-state index < -0.39 is 12.9 Å². The van der Waals surface area contributed by atoms with Crippen molar-refractivity contribution < 1.29 is 14.4 Å². The van der Waals surface area contributed by atoms with Crippen molar-refractivity contribution in [1.29, 1.82) is 0 Å². The van der Waals surface area contributed by atoms with Gasteiger partial charge in [0.15, 0.2) is 0 Å². The lowest BCUT2D eigenvalue weighted by atomic mass is 9.76. The van der Waals surface area contributed by atoms with Crippen LogP contribution in [0.4, 0.5) is 4.39 Å². The van der Waals surface area contributed by atoms with E-state index in [0.717, 1.165) is 18.7 Å². The van der Waals surface area contributed by atoms with Crippen LogP contribution in [0.2, 0.25) is 0 Å². The van der Waals surface area contributed by atoms with E-state index in [1.165, 1.54) is 25.0 Å². The minimum atomic E-state index is -1.61. The van der Waals surface area contributed by atoms with Crippen molar-refractivity contribution in [3.63, 3.8) is 0 Å². The number of rotatable bonds is 3. The minimum Gasteiger partial charge on any atom is -0.423 e. The average Bonchev–Trinajstić information content (AvgIpc) is 2.31. The van der Waals surface area contributed by atoms with E-state index >= 15 is 0 Å². The summed E-state index contributed by atoms with van der Waals surface area (Å²) in [7, 11) is -1.61. The highest BCUT2D eigenvalue weighted by atomic mass is 19.1. The van der Waals surface area contributed by atoms with Crippen molar-refractivity contribution in [2.45, 2.75) is 26.3 Å². The zero-order chi connectivity index (χ0) is 13.1. The molecule has 0 spiro atoms. The van der Waals surface area contributed by atoms with Gasteiger partial charge in [0, 0.05) is 13.1 Å². The largest absolute Gasteiger partial charge is 0.488 e. The first-order valence-electron chi connectivity index (χ1n) is 6.43. The molecule has 2 rings (SSSR count). The number of halogens is 1. The summed E-state index contributed by atoms with van der Waals surface area (Å²) in [5.74, 6) is 0.232. The zero-order valence-corrected chi connectivity index (χ0v) is 10.6. The molecule has 0 amide bonds. The van der Waals surface area contributed by atoms with Crippen molar-refractivity contribution in [3.05, 3.63) is 29.6 Å². The summed E-state index contributed by atoms with van der Waals surface area (Å²) in [6.07, 6.45) is 2.41. The van der Waals surface area contributed by atoms with E-state index in [4.69, 9.17) is 0 Å². The smallest absolute Gasteiger partial charge is 0.423 e. The highest BCUT2D eigenvalue weighted by Gasteiger charge is 2.21. The van der Waals surface area contributed by atoms with Crippen LogP contribution in [0.3, 0.4) is 0 Å². The predicted octanol–water partition coefficient (Wildman–Crippen LogP) is 0.737. The van der Waals surface area contributed by atoms with Gasteiger partial charge in [0.05, 0.1) is 0 Å². The summed E-state index contributed by atoms with van der Waals surface area (Å²) in [5.41, 5.74) is 1.06. The predicted molar refractivity (Wildman–Crippen MR) is 69.9 cm³/mol. The maximum atomic E-state index is 13.1. The first kappa shape index (κ1) is 13.5. The van der Waals surface area contributed by atoms with E-state index in [9.17, 15) is 14.4 Å². The van der Waals surface area contributed by atoms with Crippen molar-refractivity contribution in [2.75, 3.05) is 13.1 Å². The zero-order valence-electron chi connectivity index (χ0n) is 10.6. The van der Waals surface area contributed by atoms with E-state index in [1.807, 2.05) is 0 Å². The Kier molecular flexibility index (Phi) is 4.38. The van der Waals surface area contributed by atoms with Gasteiger partial charge in [-0.05, 0) is 48.5 Å². The van der Waals surface area contributed by atoms with Crippen LogP contribution in [0.5, 0.6) is 0 Å². The topological polar surface area (TPSA) is 43.7 Å². The SMILES string of the molecule is CC1CCCN(Cc2ccc(F)cc2B(O)O)C1. The standard InChI is InChI=1S/C13H19BFNO2/c1-10-3-2-6-16(8-10)9-11-4-5-12(15)7-13(11)14(17)18/h4-5,7,10,17-18H,2-3,6,8-9H2,1H3. The van der Waals surface area contributed by atoms with Crippen LogP contribution in [0.25, 0.3) is 0 Å². The highest BCUT2D eigenvalue weighted by Crippen LogP contribution is 2.17. The van der Waals surface area contributed by atoms with Crippen LogP contribution in [-0.4, -0.2) is 35.2 Å². The van der Waals surface area contributed by atoms with Gasteiger partial charge < -0.3 is 10.0 Å². The second kappa shape index (κ2) is 5.82. The van der Waals surface area contributed by atoms with Gasteiger partial charge in [-0.25, -0.2) is 4.39 Å². The fourth-order valence-electron chi connectivity index (χ4n) is 2.62. The second-order valence-electron chi connectivity index (χ2n) is 5.20. The Morgan fingerprint density at radius 2 is 2.22 bits per heavy atom. The molecule has 2 N–H and O–H groups in total. The summed E-state index contributed by atoms with van der Waals surface area (Å²) in [5, 5.41) is 18.6. The molecule has 1 aromatic rings. The Hall–Kier alpha value is -0.905. The third kappa shape index (κ3) is 3.31. The maximum Gasteiger partial charge on any atom is 0.488 e. The minimum absolute atomic E-state index is 0.272. The first-order valence-corrected chi connectivity index (χ1v) is 6.43. The molecule has 1 aliphatic heterocycles. The Morgan fingerprint density at radius 1 is 1.44 bits per heavy atom. The lowest BCUT2D eigenvalue weighted by Crippen LogP contribution is -2.39. The Labute approximate surface area is 107 Å². The number of benzene rings is 1. The molecular weight excluding hydrogens is 232 g/mol. The van der Waals surface area contributed by atoms with Gasteiger partial charge in [0.1, 0.15) is 5.82 Å². The summed E-state index contributed by atoms with van der Waals surface area (Å²) >= 11 is 0. The quantitative estimate of drug-likeness (QED) is 0.778. The van der Waals surface area contributed by atoms with Gasteiger partial charge in [-0.3, -0.25) is 4.90 Å². The van der Waals surface area contributed by atoms with Crippen LogP contribution in [0, 0.1) is 11.7 Å².